The highest BCUT2D eigenvalue weighted by Crippen LogP contribution is 2.16. The third kappa shape index (κ3) is 6.92. The van der Waals surface area contributed by atoms with Gasteiger partial charge in [-0.25, -0.2) is 17.5 Å². The van der Waals surface area contributed by atoms with Crippen LogP contribution < -0.4 is 10.0 Å². The van der Waals surface area contributed by atoms with E-state index in [0.717, 1.165) is 5.56 Å². The minimum atomic E-state index is -3.64. The lowest BCUT2D eigenvalue weighted by molar-refractivity contribution is -0.120. The van der Waals surface area contributed by atoms with Gasteiger partial charge in [-0.2, -0.15) is 11.8 Å². The van der Waals surface area contributed by atoms with E-state index in [1.54, 1.807) is 37.3 Å². The number of amides is 1. The van der Waals surface area contributed by atoms with Gasteiger partial charge in [0.25, 0.3) is 0 Å². The number of hydrogen-bond acceptors (Lipinski definition) is 4. The second kappa shape index (κ2) is 10.6. The first kappa shape index (κ1) is 22.4. The monoisotopic (exact) mass is 424 g/mol. The molecular weight excluding hydrogens is 399 g/mol. The summed E-state index contributed by atoms with van der Waals surface area (Å²) in [5.74, 6) is 0.734. The van der Waals surface area contributed by atoms with Gasteiger partial charge in [0.1, 0.15) is 5.82 Å². The molecular formula is C20H25FN2O3S2. The Kier molecular flexibility index (Phi) is 8.47. The van der Waals surface area contributed by atoms with E-state index < -0.39 is 10.0 Å². The van der Waals surface area contributed by atoms with E-state index in [-0.39, 0.29) is 29.6 Å². The molecule has 0 spiro atoms. The summed E-state index contributed by atoms with van der Waals surface area (Å²) in [6.45, 7) is 4.04. The van der Waals surface area contributed by atoms with Crippen molar-refractivity contribution in [1.82, 2.24) is 10.0 Å². The van der Waals surface area contributed by atoms with Gasteiger partial charge in [-0.3, -0.25) is 4.79 Å². The SMILES string of the molecule is Cc1ccc(C)c(S(=O)(=O)NCCC(=O)NCCSCc2ccccc2F)c1. The van der Waals surface area contributed by atoms with Crippen LogP contribution in [0.4, 0.5) is 4.39 Å². The van der Waals surface area contributed by atoms with Crippen LogP contribution in [0.3, 0.4) is 0 Å². The Hall–Kier alpha value is -1.90. The van der Waals surface area contributed by atoms with Crippen LogP contribution in [-0.4, -0.2) is 33.2 Å². The lowest BCUT2D eigenvalue weighted by Crippen LogP contribution is -2.32. The topological polar surface area (TPSA) is 75.3 Å². The fraction of sp³-hybridized carbons (Fsp3) is 0.350. The average Bonchev–Trinajstić information content (AvgIpc) is 2.64. The molecule has 0 bridgehead atoms. The molecule has 0 aliphatic carbocycles. The summed E-state index contributed by atoms with van der Waals surface area (Å²) >= 11 is 1.52. The van der Waals surface area contributed by atoms with E-state index in [2.05, 4.69) is 10.0 Å². The first-order valence-electron chi connectivity index (χ1n) is 8.94. The molecule has 0 aliphatic heterocycles. The maximum atomic E-state index is 13.5. The predicted molar refractivity (Wildman–Crippen MR) is 111 cm³/mol. The number of hydrogen-bond donors (Lipinski definition) is 2. The molecule has 0 aromatic heterocycles. The summed E-state index contributed by atoms with van der Waals surface area (Å²) in [5.41, 5.74) is 2.16. The largest absolute Gasteiger partial charge is 0.355 e. The van der Waals surface area contributed by atoms with Gasteiger partial charge in [0.2, 0.25) is 15.9 Å². The minimum Gasteiger partial charge on any atom is -0.355 e. The van der Waals surface area contributed by atoms with E-state index in [1.165, 1.54) is 17.8 Å². The first-order chi connectivity index (χ1) is 13.3. The Bertz CT molecular complexity index is 917. The molecule has 0 unspecified atom stereocenters. The molecule has 8 heteroatoms. The van der Waals surface area contributed by atoms with Gasteiger partial charge in [-0.1, -0.05) is 30.3 Å². The molecule has 152 valence electrons. The molecule has 2 aromatic carbocycles. The van der Waals surface area contributed by atoms with Crippen molar-refractivity contribution < 1.29 is 17.6 Å². The smallest absolute Gasteiger partial charge is 0.240 e. The van der Waals surface area contributed by atoms with E-state index in [4.69, 9.17) is 0 Å². The second-order valence-electron chi connectivity index (χ2n) is 6.41. The third-order valence-electron chi connectivity index (χ3n) is 4.06. The van der Waals surface area contributed by atoms with Crippen LogP contribution in [0.15, 0.2) is 47.4 Å². The highest BCUT2D eigenvalue weighted by atomic mass is 32.2. The third-order valence-corrected chi connectivity index (χ3v) is 6.67. The van der Waals surface area contributed by atoms with Gasteiger partial charge in [0.15, 0.2) is 0 Å². The summed E-state index contributed by atoms with van der Waals surface area (Å²) in [6, 6.07) is 11.8. The fourth-order valence-corrected chi connectivity index (χ4v) is 4.73. The van der Waals surface area contributed by atoms with Crippen LogP contribution in [0.1, 0.15) is 23.1 Å². The molecule has 0 aliphatic rings. The van der Waals surface area contributed by atoms with E-state index >= 15 is 0 Å². The predicted octanol–water partition coefficient (Wildman–Crippen LogP) is 3.16. The Balaban J connectivity index is 1.67. The number of thioether (sulfide) groups is 1. The maximum Gasteiger partial charge on any atom is 0.240 e. The van der Waals surface area contributed by atoms with Crippen molar-refractivity contribution in [3.63, 3.8) is 0 Å². The van der Waals surface area contributed by atoms with E-state index in [0.29, 0.717) is 29.2 Å². The molecule has 0 fully saturated rings. The number of carbonyl (C=O) groups excluding carboxylic acids is 1. The summed E-state index contributed by atoms with van der Waals surface area (Å²) in [5, 5.41) is 2.74. The maximum absolute atomic E-state index is 13.5. The van der Waals surface area contributed by atoms with Crippen LogP contribution in [0.25, 0.3) is 0 Å². The quantitative estimate of drug-likeness (QED) is 0.575. The zero-order chi connectivity index (χ0) is 20.6. The molecule has 0 saturated carbocycles. The zero-order valence-electron chi connectivity index (χ0n) is 16.0. The van der Waals surface area contributed by atoms with Gasteiger partial charge in [0, 0.05) is 31.0 Å². The molecule has 2 N–H and O–H groups in total. The van der Waals surface area contributed by atoms with Crippen LogP contribution >= 0.6 is 11.8 Å². The highest BCUT2D eigenvalue weighted by Gasteiger charge is 2.16. The molecule has 5 nitrogen and oxygen atoms in total. The molecule has 0 heterocycles. The van der Waals surface area contributed by atoms with Crippen molar-refractivity contribution in [2.75, 3.05) is 18.8 Å². The number of rotatable bonds is 10. The van der Waals surface area contributed by atoms with Gasteiger partial charge in [0.05, 0.1) is 4.90 Å². The van der Waals surface area contributed by atoms with Crippen LogP contribution in [0.5, 0.6) is 0 Å². The number of sulfonamides is 1. The van der Waals surface area contributed by atoms with Crippen molar-refractivity contribution in [3.8, 4) is 0 Å². The Labute approximate surface area is 170 Å². The summed E-state index contributed by atoms with van der Waals surface area (Å²) < 4.78 is 40.7. The molecule has 28 heavy (non-hydrogen) atoms. The number of halogens is 1. The summed E-state index contributed by atoms with van der Waals surface area (Å²) in [7, 11) is -3.64. The van der Waals surface area contributed by atoms with Crippen molar-refractivity contribution in [2.45, 2.75) is 30.9 Å². The number of nitrogens with one attached hydrogen (secondary N) is 2. The standard InChI is InChI=1S/C20H25FN2O3S2/c1-15-7-8-16(2)19(13-15)28(25,26)23-10-9-20(24)22-11-12-27-14-17-5-3-4-6-18(17)21/h3-8,13,23H,9-12,14H2,1-2H3,(H,22,24). The molecule has 0 atom stereocenters. The molecule has 1 amide bonds. The van der Waals surface area contributed by atoms with E-state index in [9.17, 15) is 17.6 Å². The molecule has 0 radical (unpaired) electrons. The summed E-state index contributed by atoms with van der Waals surface area (Å²) in [4.78, 5) is 12.1. The normalized spacial score (nSPS) is 11.4. The molecule has 2 rings (SSSR count). The molecule has 2 aromatic rings. The first-order valence-corrected chi connectivity index (χ1v) is 11.6. The minimum absolute atomic E-state index is 0.0317. The van der Waals surface area contributed by atoms with Crippen molar-refractivity contribution in [2.24, 2.45) is 0 Å². The Morgan fingerprint density at radius 2 is 1.86 bits per heavy atom. The Morgan fingerprint density at radius 1 is 1.11 bits per heavy atom. The average molecular weight is 425 g/mol. The van der Waals surface area contributed by atoms with Crippen molar-refractivity contribution in [3.05, 3.63) is 65.0 Å². The van der Waals surface area contributed by atoms with Gasteiger partial charge < -0.3 is 5.32 Å². The van der Waals surface area contributed by atoms with Gasteiger partial charge >= 0.3 is 0 Å². The zero-order valence-corrected chi connectivity index (χ0v) is 17.6. The van der Waals surface area contributed by atoms with Gasteiger partial charge in [-0.15, -0.1) is 0 Å². The van der Waals surface area contributed by atoms with Crippen LogP contribution in [0, 0.1) is 19.7 Å². The van der Waals surface area contributed by atoms with Crippen molar-refractivity contribution in [1.29, 1.82) is 0 Å². The lowest BCUT2D eigenvalue weighted by Gasteiger charge is -2.10. The van der Waals surface area contributed by atoms with Gasteiger partial charge in [-0.05, 0) is 42.7 Å². The van der Waals surface area contributed by atoms with Crippen molar-refractivity contribution >= 4 is 27.7 Å². The molecule has 0 saturated heterocycles. The summed E-state index contributed by atoms with van der Waals surface area (Å²) in [6.07, 6.45) is 0.0576. The Morgan fingerprint density at radius 3 is 2.61 bits per heavy atom. The number of benzene rings is 2. The van der Waals surface area contributed by atoms with E-state index in [1.807, 2.05) is 13.0 Å². The number of carbonyl (C=O) groups is 1. The fourth-order valence-electron chi connectivity index (χ4n) is 2.52. The number of aryl methyl sites for hydroxylation is 2. The highest BCUT2D eigenvalue weighted by molar-refractivity contribution is 7.98. The van der Waals surface area contributed by atoms with Crippen LogP contribution in [-0.2, 0) is 20.6 Å². The van der Waals surface area contributed by atoms with Crippen LogP contribution in [0.2, 0.25) is 0 Å². The lowest BCUT2D eigenvalue weighted by atomic mass is 10.2. The second-order valence-corrected chi connectivity index (χ2v) is 9.25.